The van der Waals surface area contributed by atoms with E-state index in [1.807, 2.05) is 12.1 Å². The zero-order valence-electron chi connectivity index (χ0n) is 17.2. The van der Waals surface area contributed by atoms with Crippen molar-refractivity contribution in [2.24, 2.45) is 5.92 Å². The number of para-hydroxylation sites is 2. The maximum absolute atomic E-state index is 6.12. The fraction of sp³-hybridized carbons (Fsp3) is 0.500. The van der Waals surface area contributed by atoms with Crippen LogP contribution in [0.5, 0.6) is 5.75 Å². The van der Waals surface area contributed by atoms with E-state index in [-0.39, 0.29) is 6.10 Å². The Morgan fingerprint density at radius 3 is 2.66 bits per heavy atom. The molecule has 29 heavy (non-hydrogen) atoms. The van der Waals surface area contributed by atoms with Crippen LogP contribution >= 0.6 is 0 Å². The van der Waals surface area contributed by atoms with Gasteiger partial charge in [-0.3, -0.25) is 0 Å². The Hall–Kier alpha value is -2.24. The fourth-order valence-electron chi connectivity index (χ4n) is 5.10. The number of methoxy groups -OCH3 is 1. The summed E-state index contributed by atoms with van der Waals surface area (Å²) in [6.45, 7) is 5.36. The monoisotopic (exact) mass is 393 g/mol. The van der Waals surface area contributed by atoms with Crippen molar-refractivity contribution < 1.29 is 9.47 Å². The molecule has 5 rings (SSSR count). The van der Waals surface area contributed by atoms with Crippen molar-refractivity contribution in [1.29, 1.82) is 0 Å². The molecule has 2 aromatic rings. The Balaban J connectivity index is 1.11. The molecule has 3 heterocycles. The summed E-state index contributed by atoms with van der Waals surface area (Å²) < 4.78 is 11.4. The Bertz CT molecular complexity index is 817. The number of ether oxygens (including phenoxy) is 2. The van der Waals surface area contributed by atoms with E-state index in [0.29, 0.717) is 12.0 Å². The number of anilines is 2. The first-order chi connectivity index (χ1) is 14.3. The van der Waals surface area contributed by atoms with Crippen LogP contribution in [0.2, 0.25) is 0 Å². The molecule has 154 valence electrons. The SMILES string of the molecule is COc1ccc(C2CC(CN3CCC(N4CNc5ccccc54)CC3)CO2)cc1. The zero-order valence-corrected chi connectivity index (χ0v) is 17.2. The van der Waals surface area contributed by atoms with Gasteiger partial charge in [-0.2, -0.15) is 0 Å². The summed E-state index contributed by atoms with van der Waals surface area (Å²) >= 11 is 0. The zero-order chi connectivity index (χ0) is 19.6. The van der Waals surface area contributed by atoms with Gasteiger partial charge in [0.1, 0.15) is 5.75 Å². The lowest BCUT2D eigenvalue weighted by molar-refractivity contribution is 0.101. The summed E-state index contributed by atoms with van der Waals surface area (Å²) in [5.74, 6) is 1.54. The van der Waals surface area contributed by atoms with Crippen LogP contribution in [0.3, 0.4) is 0 Å². The molecular weight excluding hydrogens is 362 g/mol. The number of hydrogen-bond acceptors (Lipinski definition) is 5. The topological polar surface area (TPSA) is 37.0 Å². The van der Waals surface area contributed by atoms with Gasteiger partial charge in [0.15, 0.2) is 0 Å². The molecule has 2 atom stereocenters. The molecule has 3 aliphatic heterocycles. The van der Waals surface area contributed by atoms with Crippen LogP contribution in [-0.2, 0) is 4.74 Å². The molecular formula is C24H31N3O2. The second-order valence-corrected chi connectivity index (χ2v) is 8.55. The maximum Gasteiger partial charge on any atom is 0.118 e. The van der Waals surface area contributed by atoms with Crippen molar-refractivity contribution >= 4 is 11.4 Å². The summed E-state index contributed by atoms with van der Waals surface area (Å²) in [4.78, 5) is 5.21. The average Bonchev–Trinajstić information content (AvgIpc) is 3.42. The quantitative estimate of drug-likeness (QED) is 0.827. The second kappa shape index (κ2) is 8.25. The first kappa shape index (κ1) is 18.8. The molecule has 0 bridgehead atoms. The summed E-state index contributed by atoms with van der Waals surface area (Å²) in [5.41, 5.74) is 3.92. The first-order valence-electron chi connectivity index (χ1n) is 10.9. The van der Waals surface area contributed by atoms with Gasteiger partial charge in [-0.15, -0.1) is 0 Å². The van der Waals surface area contributed by atoms with Crippen LogP contribution in [0.4, 0.5) is 11.4 Å². The largest absolute Gasteiger partial charge is 0.497 e. The lowest BCUT2D eigenvalue weighted by atomic mass is 9.97. The Morgan fingerprint density at radius 2 is 1.86 bits per heavy atom. The molecule has 0 radical (unpaired) electrons. The Labute approximate surface area is 173 Å². The van der Waals surface area contributed by atoms with Crippen LogP contribution < -0.4 is 15.0 Å². The van der Waals surface area contributed by atoms with Gasteiger partial charge < -0.3 is 24.6 Å². The van der Waals surface area contributed by atoms with Crippen LogP contribution in [0.1, 0.15) is 30.9 Å². The third-order valence-corrected chi connectivity index (χ3v) is 6.74. The third-order valence-electron chi connectivity index (χ3n) is 6.74. The number of benzene rings is 2. The normalized spacial score (nSPS) is 25.1. The minimum Gasteiger partial charge on any atom is -0.497 e. The van der Waals surface area contributed by atoms with E-state index in [2.05, 4.69) is 51.5 Å². The van der Waals surface area contributed by atoms with Crippen LogP contribution in [-0.4, -0.2) is 51.0 Å². The van der Waals surface area contributed by atoms with E-state index in [1.165, 1.54) is 42.9 Å². The van der Waals surface area contributed by atoms with Gasteiger partial charge in [-0.25, -0.2) is 0 Å². The number of likely N-dealkylation sites (tertiary alicyclic amines) is 1. The third kappa shape index (κ3) is 3.94. The van der Waals surface area contributed by atoms with Crippen molar-refractivity contribution in [2.75, 3.05) is 50.2 Å². The average molecular weight is 394 g/mol. The summed E-state index contributed by atoms with van der Waals surface area (Å²) in [7, 11) is 1.71. The molecule has 0 aromatic heterocycles. The van der Waals surface area contributed by atoms with E-state index in [9.17, 15) is 0 Å². The van der Waals surface area contributed by atoms with Crippen LogP contribution in [0, 0.1) is 5.92 Å². The summed E-state index contributed by atoms with van der Waals surface area (Å²) in [6, 6.07) is 17.7. The number of fused-ring (bicyclic) bond motifs is 1. The first-order valence-corrected chi connectivity index (χ1v) is 10.9. The van der Waals surface area contributed by atoms with E-state index >= 15 is 0 Å². The predicted octanol–water partition coefficient (Wildman–Crippen LogP) is 4.13. The molecule has 5 nitrogen and oxygen atoms in total. The highest BCUT2D eigenvalue weighted by Crippen LogP contribution is 2.36. The molecule has 0 amide bonds. The lowest BCUT2D eigenvalue weighted by Gasteiger charge is -2.38. The number of nitrogens with zero attached hydrogens (tertiary/aromatic N) is 2. The molecule has 2 fully saturated rings. The minimum atomic E-state index is 0.232. The van der Waals surface area contributed by atoms with Gasteiger partial charge in [-0.05, 0) is 55.0 Å². The van der Waals surface area contributed by atoms with Crippen molar-refractivity contribution in [3.8, 4) is 5.75 Å². The molecule has 0 aliphatic carbocycles. The Morgan fingerprint density at radius 1 is 1.07 bits per heavy atom. The highest BCUT2D eigenvalue weighted by Gasteiger charge is 2.32. The van der Waals surface area contributed by atoms with Gasteiger partial charge in [0.05, 0.1) is 37.9 Å². The van der Waals surface area contributed by atoms with Crippen molar-refractivity contribution in [2.45, 2.75) is 31.4 Å². The van der Waals surface area contributed by atoms with Crippen LogP contribution in [0.15, 0.2) is 48.5 Å². The van der Waals surface area contributed by atoms with Crippen molar-refractivity contribution in [3.05, 3.63) is 54.1 Å². The molecule has 5 heteroatoms. The molecule has 3 aliphatic rings. The highest BCUT2D eigenvalue weighted by atomic mass is 16.5. The van der Waals surface area contributed by atoms with E-state index in [4.69, 9.17) is 9.47 Å². The minimum absolute atomic E-state index is 0.232. The lowest BCUT2D eigenvalue weighted by Crippen LogP contribution is -2.46. The van der Waals surface area contributed by atoms with Gasteiger partial charge >= 0.3 is 0 Å². The van der Waals surface area contributed by atoms with E-state index in [1.54, 1.807) is 7.11 Å². The standard InChI is InChI=1S/C24H31N3O2/c1-28-21-8-6-19(7-9-21)24-14-18(16-29-24)15-26-12-10-20(11-13-26)27-17-25-22-4-2-3-5-23(22)27/h2-9,18,20,24-25H,10-17H2,1H3. The summed E-state index contributed by atoms with van der Waals surface area (Å²) in [6.07, 6.45) is 3.84. The Kier molecular flexibility index (Phi) is 5.34. The number of piperidine rings is 1. The number of nitrogens with one attached hydrogen (secondary N) is 1. The molecule has 0 saturated carbocycles. The number of rotatable bonds is 5. The maximum atomic E-state index is 6.12. The fourth-order valence-corrected chi connectivity index (χ4v) is 5.10. The van der Waals surface area contributed by atoms with E-state index < -0.39 is 0 Å². The molecule has 2 saturated heterocycles. The van der Waals surface area contributed by atoms with Crippen molar-refractivity contribution in [1.82, 2.24) is 4.90 Å². The van der Waals surface area contributed by atoms with Gasteiger partial charge in [0.2, 0.25) is 0 Å². The molecule has 2 aromatic carbocycles. The second-order valence-electron chi connectivity index (χ2n) is 8.55. The predicted molar refractivity (Wildman–Crippen MR) is 117 cm³/mol. The highest BCUT2D eigenvalue weighted by molar-refractivity contribution is 5.74. The van der Waals surface area contributed by atoms with Gasteiger partial charge in [0, 0.05) is 25.7 Å². The molecule has 2 unspecified atom stereocenters. The van der Waals surface area contributed by atoms with Gasteiger partial charge in [-0.1, -0.05) is 24.3 Å². The smallest absolute Gasteiger partial charge is 0.118 e. The van der Waals surface area contributed by atoms with Crippen molar-refractivity contribution in [3.63, 3.8) is 0 Å². The molecule has 1 N–H and O–H groups in total. The van der Waals surface area contributed by atoms with E-state index in [0.717, 1.165) is 32.0 Å². The molecule has 0 spiro atoms. The van der Waals surface area contributed by atoms with Crippen LogP contribution in [0.25, 0.3) is 0 Å². The number of hydrogen-bond donors (Lipinski definition) is 1. The summed E-state index contributed by atoms with van der Waals surface area (Å²) in [5, 5.41) is 3.53. The van der Waals surface area contributed by atoms with Gasteiger partial charge in [0.25, 0.3) is 0 Å².